The first-order valence-corrected chi connectivity index (χ1v) is 9.60. The molecule has 0 bridgehead atoms. The highest BCUT2D eigenvalue weighted by Gasteiger charge is 2.34. The maximum Gasteiger partial charge on any atom is 0.253 e. The third kappa shape index (κ3) is 4.42. The first kappa shape index (κ1) is 18.0. The molecule has 1 aromatic rings. The van der Waals surface area contributed by atoms with Gasteiger partial charge in [0.25, 0.3) is 5.91 Å². The Labute approximate surface area is 151 Å². The lowest BCUT2D eigenvalue weighted by Crippen LogP contribution is -2.39. The van der Waals surface area contributed by atoms with E-state index < -0.39 is 0 Å². The van der Waals surface area contributed by atoms with Crippen molar-refractivity contribution in [2.75, 3.05) is 20.1 Å². The van der Waals surface area contributed by atoms with Crippen molar-refractivity contribution in [3.63, 3.8) is 0 Å². The van der Waals surface area contributed by atoms with Crippen molar-refractivity contribution in [2.45, 2.75) is 52.0 Å². The highest BCUT2D eigenvalue weighted by molar-refractivity contribution is 5.94. The van der Waals surface area contributed by atoms with Crippen molar-refractivity contribution < 1.29 is 9.59 Å². The summed E-state index contributed by atoms with van der Waals surface area (Å²) in [6, 6.07) is 8.27. The zero-order valence-corrected chi connectivity index (χ0v) is 15.7. The first-order chi connectivity index (χ1) is 12.0. The number of hydrogen-bond donors (Lipinski definition) is 0. The summed E-state index contributed by atoms with van der Waals surface area (Å²) < 4.78 is 0. The minimum absolute atomic E-state index is 0.0773. The van der Waals surface area contributed by atoms with Crippen LogP contribution in [0.2, 0.25) is 0 Å². The molecule has 0 aromatic heterocycles. The lowest BCUT2D eigenvalue weighted by molar-refractivity contribution is -0.133. The molecule has 0 N–H and O–H groups in total. The van der Waals surface area contributed by atoms with Gasteiger partial charge in [0.1, 0.15) is 0 Å². The fraction of sp³-hybridized carbons (Fsp3) is 0.619. The monoisotopic (exact) mass is 342 g/mol. The molecule has 1 saturated carbocycles. The van der Waals surface area contributed by atoms with Crippen molar-refractivity contribution in [1.82, 2.24) is 9.80 Å². The molecule has 0 atom stereocenters. The molecule has 136 valence electrons. The van der Waals surface area contributed by atoms with Gasteiger partial charge in [-0.15, -0.1) is 0 Å². The molecule has 2 aliphatic rings. The molecule has 4 heteroatoms. The van der Waals surface area contributed by atoms with Crippen molar-refractivity contribution in [1.29, 1.82) is 0 Å². The molecule has 2 fully saturated rings. The summed E-state index contributed by atoms with van der Waals surface area (Å²) in [6.07, 6.45) is 5.41. The van der Waals surface area contributed by atoms with Crippen LogP contribution in [0.4, 0.5) is 0 Å². The van der Waals surface area contributed by atoms with Crippen LogP contribution in [0.5, 0.6) is 0 Å². The molecule has 3 rings (SSSR count). The van der Waals surface area contributed by atoms with Crippen LogP contribution in [0, 0.1) is 11.8 Å². The van der Waals surface area contributed by atoms with E-state index in [4.69, 9.17) is 0 Å². The molecule has 25 heavy (non-hydrogen) atoms. The van der Waals surface area contributed by atoms with Crippen LogP contribution >= 0.6 is 0 Å². The number of nitrogens with zero attached hydrogens (tertiary/aromatic N) is 2. The molecule has 1 heterocycles. The molecule has 2 amide bonds. The average molecular weight is 342 g/mol. The van der Waals surface area contributed by atoms with Gasteiger partial charge < -0.3 is 9.80 Å². The van der Waals surface area contributed by atoms with E-state index >= 15 is 0 Å². The summed E-state index contributed by atoms with van der Waals surface area (Å²) in [5.41, 5.74) is 2.04. The zero-order chi connectivity index (χ0) is 18.0. The molecular formula is C21H30N2O2. The second kappa shape index (κ2) is 7.59. The van der Waals surface area contributed by atoms with Gasteiger partial charge in [-0.3, -0.25) is 9.59 Å². The van der Waals surface area contributed by atoms with Gasteiger partial charge in [-0.1, -0.05) is 12.1 Å². The van der Waals surface area contributed by atoms with Crippen LogP contribution in [0.15, 0.2) is 24.3 Å². The van der Waals surface area contributed by atoms with E-state index in [-0.39, 0.29) is 11.9 Å². The van der Waals surface area contributed by atoms with E-state index in [1.54, 1.807) is 4.90 Å². The number of hydrogen-bond acceptors (Lipinski definition) is 2. The second-order valence-electron chi connectivity index (χ2n) is 7.95. The van der Waals surface area contributed by atoms with Gasteiger partial charge in [0.15, 0.2) is 0 Å². The summed E-state index contributed by atoms with van der Waals surface area (Å²) in [6.45, 7) is 5.87. The van der Waals surface area contributed by atoms with Crippen LogP contribution < -0.4 is 0 Å². The molecular weight excluding hydrogens is 312 g/mol. The Morgan fingerprint density at radius 1 is 1.08 bits per heavy atom. The Bertz CT molecular complexity index is 611. The minimum atomic E-state index is 0.0773. The van der Waals surface area contributed by atoms with E-state index in [0.717, 1.165) is 50.8 Å². The quantitative estimate of drug-likeness (QED) is 0.823. The van der Waals surface area contributed by atoms with E-state index in [1.807, 2.05) is 33.0 Å². The average Bonchev–Trinajstić information content (AvgIpc) is 3.46. The SMILES string of the molecule is CC(C)N(C)C(=O)c1ccc(CC2CCN(C(=O)C3CC3)CC2)cc1. The van der Waals surface area contributed by atoms with Crippen LogP contribution in [0.1, 0.15) is 55.5 Å². The molecule has 1 aliphatic carbocycles. The highest BCUT2D eigenvalue weighted by atomic mass is 16.2. The van der Waals surface area contributed by atoms with Gasteiger partial charge in [0.2, 0.25) is 5.91 Å². The van der Waals surface area contributed by atoms with Gasteiger partial charge in [0.05, 0.1) is 0 Å². The molecule has 1 saturated heterocycles. The van der Waals surface area contributed by atoms with Gasteiger partial charge in [-0.05, 0) is 69.6 Å². The zero-order valence-electron chi connectivity index (χ0n) is 15.7. The summed E-state index contributed by atoms with van der Waals surface area (Å²) >= 11 is 0. The fourth-order valence-corrected chi connectivity index (χ4v) is 3.50. The predicted molar refractivity (Wildman–Crippen MR) is 99.4 cm³/mol. The van der Waals surface area contributed by atoms with Crippen LogP contribution in [0.25, 0.3) is 0 Å². The number of carbonyl (C=O) groups is 2. The molecule has 1 aliphatic heterocycles. The first-order valence-electron chi connectivity index (χ1n) is 9.60. The van der Waals surface area contributed by atoms with Gasteiger partial charge in [-0.2, -0.15) is 0 Å². The smallest absolute Gasteiger partial charge is 0.253 e. The van der Waals surface area contributed by atoms with E-state index in [2.05, 4.69) is 17.0 Å². The Morgan fingerprint density at radius 2 is 1.68 bits per heavy atom. The topological polar surface area (TPSA) is 40.6 Å². The number of rotatable bonds is 5. The summed E-state index contributed by atoms with van der Waals surface area (Å²) in [5.74, 6) is 1.44. The lowest BCUT2D eigenvalue weighted by atomic mass is 9.89. The van der Waals surface area contributed by atoms with Crippen molar-refractivity contribution in [3.05, 3.63) is 35.4 Å². The molecule has 4 nitrogen and oxygen atoms in total. The largest absolute Gasteiger partial charge is 0.342 e. The van der Waals surface area contributed by atoms with Crippen molar-refractivity contribution in [3.8, 4) is 0 Å². The van der Waals surface area contributed by atoms with Gasteiger partial charge >= 0.3 is 0 Å². The minimum Gasteiger partial charge on any atom is -0.342 e. The number of piperidine rings is 1. The Hall–Kier alpha value is -1.84. The highest BCUT2D eigenvalue weighted by Crippen LogP contribution is 2.32. The normalized spacial score (nSPS) is 18.5. The Kier molecular flexibility index (Phi) is 5.45. The van der Waals surface area contributed by atoms with Gasteiger partial charge in [0, 0.05) is 37.7 Å². The van der Waals surface area contributed by atoms with Crippen molar-refractivity contribution >= 4 is 11.8 Å². The maximum absolute atomic E-state index is 12.3. The second-order valence-corrected chi connectivity index (χ2v) is 7.95. The van der Waals surface area contributed by atoms with Crippen molar-refractivity contribution in [2.24, 2.45) is 11.8 Å². The number of carbonyl (C=O) groups excluding carboxylic acids is 2. The summed E-state index contributed by atoms with van der Waals surface area (Å²) in [4.78, 5) is 28.3. The Balaban J connectivity index is 1.50. The van der Waals surface area contributed by atoms with Crippen LogP contribution in [-0.2, 0) is 11.2 Å². The summed E-state index contributed by atoms with van der Waals surface area (Å²) in [5, 5.41) is 0. The van der Waals surface area contributed by atoms with E-state index in [0.29, 0.717) is 17.7 Å². The molecule has 0 radical (unpaired) electrons. The van der Waals surface area contributed by atoms with E-state index in [1.165, 1.54) is 5.56 Å². The van der Waals surface area contributed by atoms with E-state index in [9.17, 15) is 9.59 Å². The standard InChI is InChI=1S/C21H30N2O2/c1-15(2)22(3)20(24)18-6-4-16(5-7-18)14-17-10-12-23(13-11-17)21(25)19-8-9-19/h4-7,15,17,19H,8-14H2,1-3H3. The number of likely N-dealkylation sites (tertiary alicyclic amines) is 1. The molecule has 0 spiro atoms. The third-order valence-electron chi connectivity index (χ3n) is 5.67. The third-order valence-corrected chi connectivity index (χ3v) is 5.67. The molecule has 1 aromatic carbocycles. The van der Waals surface area contributed by atoms with Gasteiger partial charge in [-0.25, -0.2) is 0 Å². The Morgan fingerprint density at radius 3 is 2.20 bits per heavy atom. The number of amides is 2. The summed E-state index contributed by atoms with van der Waals surface area (Å²) in [7, 11) is 1.84. The predicted octanol–water partition coefficient (Wildman–Crippen LogP) is 3.36. The molecule has 0 unspecified atom stereocenters. The van der Waals surface area contributed by atoms with Crippen LogP contribution in [-0.4, -0.2) is 47.8 Å². The number of benzene rings is 1. The lowest BCUT2D eigenvalue weighted by Gasteiger charge is -2.32. The maximum atomic E-state index is 12.3. The fourth-order valence-electron chi connectivity index (χ4n) is 3.50. The van der Waals surface area contributed by atoms with Crippen LogP contribution in [0.3, 0.4) is 0 Å².